The average molecular weight is 354 g/mol. The van der Waals surface area contributed by atoms with Gasteiger partial charge in [0.25, 0.3) is 0 Å². The minimum Gasteiger partial charge on any atom is -0.387 e. The van der Waals surface area contributed by atoms with Crippen molar-refractivity contribution in [2.45, 2.75) is 18.9 Å². The quantitative estimate of drug-likeness (QED) is 0.761. The van der Waals surface area contributed by atoms with Crippen LogP contribution in [0.15, 0.2) is 58.4 Å². The molecule has 1 fully saturated rings. The molecule has 5 nitrogen and oxygen atoms in total. The lowest BCUT2D eigenvalue weighted by Gasteiger charge is -2.07. The molecule has 2 atom stereocenters. The van der Waals surface area contributed by atoms with Crippen LogP contribution in [0.2, 0.25) is 5.02 Å². The number of aromatic nitrogens is 2. The summed E-state index contributed by atoms with van der Waals surface area (Å²) in [4.78, 5) is 16.7. The molecule has 6 heteroatoms. The van der Waals surface area contributed by atoms with Gasteiger partial charge in [0.15, 0.2) is 0 Å². The highest BCUT2D eigenvalue weighted by atomic mass is 35.5. The van der Waals surface area contributed by atoms with Crippen molar-refractivity contribution in [2.75, 3.05) is 12.4 Å². The molecule has 0 bridgehead atoms. The minimum absolute atomic E-state index is 0.400. The van der Waals surface area contributed by atoms with Crippen molar-refractivity contribution in [3.05, 3.63) is 64.8 Å². The maximum Gasteiger partial charge on any atom is 0.149 e. The Kier molecular flexibility index (Phi) is 5.56. The van der Waals surface area contributed by atoms with Crippen LogP contribution in [0.25, 0.3) is 0 Å². The number of hydrogen-bond acceptors (Lipinski definition) is 5. The van der Waals surface area contributed by atoms with Gasteiger partial charge in [0.1, 0.15) is 5.82 Å². The van der Waals surface area contributed by atoms with Crippen molar-refractivity contribution in [3.8, 4) is 0 Å². The van der Waals surface area contributed by atoms with E-state index in [-0.39, 0.29) is 0 Å². The highest BCUT2D eigenvalue weighted by molar-refractivity contribution is 6.33. The number of allylic oxidation sites excluding steroid dienone is 1. The number of benzene rings is 1. The highest BCUT2D eigenvalue weighted by Crippen LogP contribution is 2.52. The number of halogens is 1. The van der Waals surface area contributed by atoms with E-state index in [1.54, 1.807) is 24.7 Å². The summed E-state index contributed by atoms with van der Waals surface area (Å²) in [5.74, 6) is 1.56. The van der Waals surface area contributed by atoms with E-state index in [0.717, 1.165) is 22.7 Å². The van der Waals surface area contributed by atoms with Crippen molar-refractivity contribution < 1.29 is 0 Å². The van der Waals surface area contributed by atoms with E-state index >= 15 is 0 Å². The Balaban J connectivity index is 1.69. The van der Waals surface area contributed by atoms with Crippen LogP contribution in [-0.2, 0) is 6.54 Å². The van der Waals surface area contributed by atoms with Gasteiger partial charge in [-0.2, -0.15) is 0 Å². The lowest BCUT2D eigenvalue weighted by Crippen LogP contribution is -1.95. The number of hydrogen-bond donors (Lipinski definition) is 1. The molecule has 0 spiro atoms. The van der Waals surface area contributed by atoms with Gasteiger partial charge in [0.2, 0.25) is 0 Å². The SMILES string of the molecule is C=N/C=C(\C=NCc1ncccn1)C1CC1c1ccc(Cl)c(NC)c1. The highest BCUT2D eigenvalue weighted by Gasteiger charge is 2.40. The molecule has 1 aliphatic rings. The molecule has 0 aliphatic heterocycles. The van der Waals surface area contributed by atoms with E-state index in [1.165, 1.54) is 5.56 Å². The first-order chi connectivity index (χ1) is 12.2. The standard InChI is InChI=1S/C19H20ClN5/c1-21-10-14(11-23-12-19-24-6-3-7-25-19)16-9-15(16)13-4-5-17(20)18(8-13)22-2/h3-8,10-11,15-16,22H,1,9,12H2,2H3/b14-10+,23-11?. The molecule has 1 aromatic heterocycles. The molecule has 128 valence electrons. The fourth-order valence-electron chi connectivity index (χ4n) is 2.87. The summed E-state index contributed by atoms with van der Waals surface area (Å²) in [5.41, 5.74) is 3.30. The minimum atomic E-state index is 0.400. The molecule has 1 N–H and O–H groups in total. The van der Waals surface area contributed by atoms with Crippen molar-refractivity contribution >= 4 is 30.2 Å². The first kappa shape index (κ1) is 17.3. The van der Waals surface area contributed by atoms with Crippen LogP contribution >= 0.6 is 11.6 Å². The van der Waals surface area contributed by atoms with Crippen LogP contribution in [0.1, 0.15) is 23.7 Å². The summed E-state index contributed by atoms with van der Waals surface area (Å²) in [6, 6.07) is 7.93. The smallest absolute Gasteiger partial charge is 0.149 e. The second kappa shape index (κ2) is 8.03. The molecule has 1 aliphatic carbocycles. The van der Waals surface area contributed by atoms with Gasteiger partial charge in [-0.25, -0.2) is 9.97 Å². The van der Waals surface area contributed by atoms with E-state index in [9.17, 15) is 0 Å². The summed E-state index contributed by atoms with van der Waals surface area (Å²) >= 11 is 6.17. The number of aliphatic imine (C=N–C) groups is 2. The zero-order chi connectivity index (χ0) is 17.6. The van der Waals surface area contributed by atoms with Crippen LogP contribution in [0.4, 0.5) is 5.69 Å². The molecule has 1 saturated carbocycles. The monoisotopic (exact) mass is 353 g/mol. The second-order valence-electron chi connectivity index (χ2n) is 5.88. The largest absolute Gasteiger partial charge is 0.387 e. The fraction of sp³-hybridized carbons (Fsp3) is 0.263. The van der Waals surface area contributed by atoms with Gasteiger partial charge in [-0.05, 0) is 54.3 Å². The summed E-state index contributed by atoms with van der Waals surface area (Å²) in [5, 5.41) is 3.86. The zero-order valence-corrected chi connectivity index (χ0v) is 14.8. The number of nitrogens with zero attached hydrogens (tertiary/aromatic N) is 4. The third kappa shape index (κ3) is 4.31. The third-order valence-electron chi connectivity index (χ3n) is 4.24. The molecule has 0 amide bonds. The Morgan fingerprint density at radius 1 is 1.40 bits per heavy atom. The Bertz CT molecular complexity index is 801. The first-order valence-corrected chi connectivity index (χ1v) is 8.49. The van der Waals surface area contributed by atoms with Gasteiger partial charge < -0.3 is 5.32 Å². The summed E-state index contributed by atoms with van der Waals surface area (Å²) in [7, 11) is 1.88. The molecule has 3 rings (SSSR count). The molecule has 25 heavy (non-hydrogen) atoms. The summed E-state index contributed by atoms with van der Waals surface area (Å²) < 4.78 is 0. The lowest BCUT2D eigenvalue weighted by atomic mass is 10.1. The van der Waals surface area contributed by atoms with Crippen LogP contribution in [-0.4, -0.2) is 29.9 Å². The molecule has 1 aromatic carbocycles. The molecule has 0 radical (unpaired) electrons. The molecular weight excluding hydrogens is 334 g/mol. The van der Waals surface area contributed by atoms with Gasteiger partial charge in [-0.15, -0.1) is 0 Å². The van der Waals surface area contributed by atoms with E-state index in [1.807, 2.05) is 19.3 Å². The maximum atomic E-state index is 6.17. The van der Waals surface area contributed by atoms with Crippen molar-refractivity contribution in [3.63, 3.8) is 0 Å². The van der Waals surface area contributed by atoms with Crippen LogP contribution in [0, 0.1) is 5.92 Å². The number of rotatable bonds is 7. The van der Waals surface area contributed by atoms with E-state index < -0.39 is 0 Å². The van der Waals surface area contributed by atoms with Gasteiger partial charge in [-0.3, -0.25) is 9.98 Å². The third-order valence-corrected chi connectivity index (χ3v) is 4.57. The average Bonchev–Trinajstić information content (AvgIpc) is 3.43. The molecular formula is C19H20ClN5. The molecule has 2 aromatic rings. The zero-order valence-electron chi connectivity index (χ0n) is 14.1. The van der Waals surface area contributed by atoms with E-state index in [2.05, 4.69) is 44.1 Å². The first-order valence-electron chi connectivity index (χ1n) is 8.11. The Labute approximate surface area is 152 Å². The Morgan fingerprint density at radius 2 is 2.20 bits per heavy atom. The van der Waals surface area contributed by atoms with Crippen LogP contribution in [0.3, 0.4) is 0 Å². The number of nitrogens with one attached hydrogen (secondary N) is 1. The van der Waals surface area contributed by atoms with Crippen molar-refractivity contribution in [1.29, 1.82) is 0 Å². The van der Waals surface area contributed by atoms with Gasteiger partial charge in [-0.1, -0.05) is 17.7 Å². The molecule has 0 saturated heterocycles. The molecule has 1 heterocycles. The fourth-order valence-corrected chi connectivity index (χ4v) is 3.08. The normalized spacial score (nSPS) is 19.8. The Morgan fingerprint density at radius 3 is 2.92 bits per heavy atom. The van der Waals surface area contributed by atoms with Crippen molar-refractivity contribution in [1.82, 2.24) is 9.97 Å². The van der Waals surface area contributed by atoms with E-state index in [0.29, 0.717) is 24.2 Å². The van der Waals surface area contributed by atoms with Crippen molar-refractivity contribution in [2.24, 2.45) is 15.9 Å². The summed E-state index contributed by atoms with van der Waals surface area (Å²) in [6.07, 6.45) is 8.16. The van der Waals surface area contributed by atoms with Gasteiger partial charge in [0.05, 0.1) is 17.3 Å². The van der Waals surface area contributed by atoms with Gasteiger partial charge in [0, 0.05) is 31.9 Å². The van der Waals surface area contributed by atoms with Crippen LogP contribution < -0.4 is 5.32 Å². The lowest BCUT2D eigenvalue weighted by molar-refractivity contribution is 0.907. The second-order valence-corrected chi connectivity index (χ2v) is 6.29. The molecule has 2 unspecified atom stereocenters. The number of anilines is 1. The predicted octanol–water partition coefficient (Wildman–Crippen LogP) is 4.13. The Hall–Kier alpha value is -2.53. The predicted molar refractivity (Wildman–Crippen MR) is 104 cm³/mol. The summed E-state index contributed by atoms with van der Waals surface area (Å²) in [6.45, 7) is 4.03. The van der Waals surface area contributed by atoms with E-state index in [4.69, 9.17) is 11.6 Å². The maximum absolute atomic E-state index is 6.17. The topological polar surface area (TPSA) is 62.5 Å². The van der Waals surface area contributed by atoms with Gasteiger partial charge >= 0.3 is 0 Å². The van der Waals surface area contributed by atoms with Crippen LogP contribution in [0.5, 0.6) is 0 Å².